The predicted molar refractivity (Wildman–Crippen MR) is 56.1 cm³/mol. The Kier molecular flexibility index (Phi) is 2.09. The highest BCUT2D eigenvalue weighted by Gasteiger charge is 2.35. The van der Waals surface area contributed by atoms with Crippen molar-refractivity contribution in [3.05, 3.63) is 18.3 Å². The van der Waals surface area contributed by atoms with Gasteiger partial charge in [0.1, 0.15) is 0 Å². The minimum absolute atomic E-state index is 0.378. The standard InChI is InChI=1S/C11H15N3O/c1-4-11(13-7-1)5-2-9(3-6-11)10-12-8-14-15-10/h2,8,13H,1,3-7H2. The Balaban J connectivity index is 1.78. The molecule has 1 spiro atoms. The van der Waals surface area contributed by atoms with Gasteiger partial charge in [0.2, 0.25) is 0 Å². The summed E-state index contributed by atoms with van der Waals surface area (Å²) in [4.78, 5) is 4.09. The molecule has 2 heterocycles. The Labute approximate surface area is 88.7 Å². The Hall–Kier alpha value is -1.16. The van der Waals surface area contributed by atoms with Crippen LogP contribution in [0.2, 0.25) is 0 Å². The van der Waals surface area contributed by atoms with Crippen molar-refractivity contribution in [2.24, 2.45) is 0 Å². The second kappa shape index (κ2) is 3.45. The van der Waals surface area contributed by atoms with E-state index in [0.29, 0.717) is 11.4 Å². The van der Waals surface area contributed by atoms with Gasteiger partial charge in [-0.25, -0.2) is 0 Å². The molecule has 0 aromatic carbocycles. The molecule has 1 aliphatic carbocycles. The fourth-order valence-electron chi connectivity index (χ4n) is 2.66. The third-order valence-electron chi connectivity index (χ3n) is 3.58. The third-order valence-corrected chi connectivity index (χ3v) is 3.58. The number of hydrogen-bond donors (Lipinski definition) is 1. The number of rotatable bonds is 1. The molecule has 0 saturated carbocycles. The van der Waals surface area contributed by atoms with Crippen LogP contribution in [0.3, 0.4) is 0 Å². The smallest absolute Gasteiger partial charge is 0.253 e. The first-order valence-electron chi connectivity index (χ1n) is 5.59. The van der Waals surface area contributed by atoms with Gasteiger partial charge in [0, 0.05) is 11.1 Å². The SMILES string of the molecule is C1=C(c2ncno2)CCC2(C1)CCCN2. The Morgan fingerprint density at radius 2 is 2.40 bits per heavy atom. The Morgan fingerprint density at radius 1 is 1.40 bits per heavy atom. The Bertz CT molecular complexity index is 363. The maximum absolute atomic E-state index is 5.07. The number of nitrogens with zero attached hydrogens (tertiary/aromatic N) is 2. The monoisotopic (exact) mass is 205 g/mol. The van der Waals surface area contributed by atoms with Crippen molar-refractivity contribution in [1.82, 2.24) is 15.5 Å². The number of allylic oxidation sites excluding steroid dienone is 1. The fraction of sp³-hybridized carbons (Fsp3) is 0.636. The quantitative estimate of drug-likeness (QED) is 0.759. The molecule has 0 bridgehead atoms. The highest BCUT2D eigenvalue weighted by molar-refractivity contribution is 5.59. The summed E-state index contributed by atoms with van der Waals surface area (Å²) in [6.45, 7) is 1.17. The van der Waals surface area contributed by atoms with Gasteiger partial charge in [-0.15, -0.1) is 0 Å². The summed E-state index contributed by atoms with van der Waals surface area (Å²) in [5, 5.41) is 7.27. The topological polar surface area (TPSA) is 51.0 Å². The zero-order chi connectivity index (χ0) is 10.1. The Morgan fingerprint density at radius 3 is 3.00 bits per heavy atom. The van der Waals surface area contributed by atoms with Crippen LogP contribution in [0.15, 0.2) is 16.9 Å². The molecule has 0 amide bonds. The zero-order valence-electron chi connectivity index (χ0n) is 8.70. The van der Waals surface area contributed by atoms with Gasteiger partial charge in [0.15, 0.2) is 6.33 Å². The highest BCUT2D eigenvalue weighted by atomic mass is 16.5. The lowest BCUT2D eigenvalue weighted by Gasteiger charge is -2.32. The van der Waals surface area contributed by atoms with Gasteiger partial charge in [-0.1, -0.05) is 11.2 Å². The lowest BCUT2D eigenvalue weighted by Crippen LogP contribution is -2.40. The van der Waals surface area contributed by atoms with Gasteiger partial charge < -0.3 is 9.84 Å². The lowest BCUT2D eigenvalue weighted by atomic mass is 9.81. The molecule has 1 aromatic heterocycles. The molecule has 80 valence electrons. The maximum Gasteiger partial charge on any atom is 0.253 e. The van der Waals surface area contributed by atoms with E-state index in [1.54, 1.807) is 0 Å². The summed E-state index contributed by atoms with van der Waals surface area (Å²) in [5.41, 5.74) is 1.59. The van der Waals surface area contributed by atoms with Gasteiger partial charge in [-0.2, -0.15) is 4.98 Å². The van der Waals surface area contributed by atoms with Gasteiger partial charge in [-0.3, -0.25) is 0 Å². The summed E-state index contributed by atoms with van der Waals surface area (Å²) in [6, 6.07) is 0. The number of nitrogens with one attached hydrogen (secondary N) is 1. The molecule has 1 saturated heterocycles. The summed E-state index contributed by atoms with van der Waals surface area (Å²) in [5.74, 6) is 0.697. The fourth-order valence-corrected chi connectivity index (χ4v) is 2.66. The van der Waals surface area contributed by atoms with Gasteiger partial charge in [-0.05, 0) is 38.6 Å². The zero-order valence-corrected chi connectivity index (χ0v) is 8.70. The van der Waals surface area contributed by atoms with E-state index in [2.05, 4.69) is 21.5 Å². The first kappa shape index (κ1) is 9.09. The third kappa shape index (κ3) is 1.59. The molecule has 1 atom stereocenters. The lowest BCUT2D eigenvalue weighted by molar-refractivity contribution is 0.341. The van der Waals surface area contributed by atoms with Crippen LogP contribution in [0.4, 0.5) is 0 Å². The van der Waals surface area contributed by atoms with Crippen LogP contribution in [0.1, 0.15) is 38.0 Å². The van der Waals surface area contributed by atoms with E-state index in [-0.39, 0.29) is 0 Å². The van der Waals surface area contributed by atoms with Crippen molar-refractivity contribution in [2.45, 2.75) is 37.6 Å². The molecule has 1 aliphatic heterocycles. The average Bonchev–Trinajstić information content (AvgIpc) is 2.91. The van der Waals surface area contributed by atoms with Crippen molar-refractivity contribution in [3.63, 3.8) is 0 Å². The van der Waals surface area contributed by atoms with Crippen LogP contribution in [0.25, 0.3) is 5.57 Å². The van der Waals surface area contributed by atoms with Crippen LogP contribution in [0.5, 0.6) is 0 Å². The highest BCUT2D eigenvalue weighted by Crippen LogP contribution is 2.36. The summed E-state index contributed by atoms with van der Waals surface area (Å²) in [6.07, 6.45) is 9.69. The summed E-state index contributed by atoms with van der Waals surface area (Å²) >= 11 is 0. The van der Waals surface area contributed by atoms with Gasteiger partial charge in [0.05, 0.1) is 0 Å². The van der Waals surface area contributed by atoms with E-state index in [9.17, 15) is 0 Å². The minimum Gasteiger partial charge on any atom is -0.335 e. The minimum atomic E-state index is 0.378. The first-order chi connectivity index (χ1) is 7.38. The van der Waals surface area contributed by atoms with E-state index in [0.717, 1.165) is 12.8 Å². The van der Waals surface area contributed by atoms with E-state index < -0.39 is 0 Å². The van der Waals surface area contributed by atoms with Crippen LogP contribution in [-0.4, -0.2) is 22.2 Å². The van der Waals surface area contributed by atoms with E-state index in [1.807, 2.05) is 0 Å². The van der Waals surface area contributed by atoms with Crippen LogP contribution < -0.4 is 5.32 Å². The van der Waals surface area contributed by atoms with E-state index in [4.69, 9.17) is 4.52 Å². The molecule has 1 aromatic rings. The maximum atomic E-state index is 5.07. The molecule has 15 heavy (non-hydrogen) atoms. The van der Waals surface area contributed by atoms with Crippen molar-refractivity contribution < 1.29 is 4.52 Å². The number of aromatic nitrogens is 2. The van der Waals surface area contributed by atoms with Crippen LogP contribution >= 0.6 is 0 Å². The summed E-state index contributed by atoms with van der Waals surface area (Å²) < 4.78 is 5.07. The second-order valence-corrected chi connectivity index (χ2v) is 4.49. The van der Waals surface area contributed by atoms with Crippen LogP contribution in [0, 0.1) is 0 Å². The van der Waals surface area contributed by atoms with Crippen molar-refractivity contribution >= 4 is 5.57 Å². The molecule has 1 fully saturated rings. The predicted octanol–water partition coefficient (Wildman–Crippen LogP) is 1.76. The number of hydrogen-bond acceptors (Lipinski definition) is 4. The molecule has 2 aliphatic rings. The van der Waals surface area contributed by atoms with Crippen molar-refractivity contribution in [2.75, 3.05) is 6.54 Å². The first-order valence-corrected chi connectivity index (χ1v) is 5.59. The molecule has 1 unspecified atom stereocenters. The molecule has 4 heteroatoms. The molecule has 4 nitrogen and oxygen atoms in total. The van der Waals surface area contributed by atoms with E-state index >= 15 is 0 Å². The second-order valence-electron chi connectivity index (χ2n) is 4.49. The van der Waals surface area contributed by atoms with Crippen molar-refractivity contribution in [3.8, 4) is 0 Å². The van der Waals surface area contributed by atoms with Crippen molar-refractivity contribution in [1.29, 1.82) is 0 Å². The molecule has 1 N–H and O–H groups in total. The average molecular weight is 205 g/mol. The van der Waals surface area contributed by atoms with Gasteiger partial charge >= 0.3 is 0 Å². The van der Waals surface area contributed by atoms with Gasteiger partial charge in [0.25, 0.3) is 5.89 Å². The van der Waals surface area contributed by atoms with Crippen LogP contribution in [-0.2, 0) is 0 Å². The summed E-state index contributed by atoms with van der Waals surface area (Å²) in [7, 11) is 0. The molecule has 0 radical (unpaired) electrons. The molecular weight excluding hydrogens is 190 g/mol. The normalized spacial score (nSPS) is 30.8. The van der Waals surface area contributed by atoms with E-state index in [1.165, 1.54) is 37.7 Å². The molecule has 3 rings (SSSR count). The molecular formula is C11H15N3O. The largest absolute Gasteiger partial charge is 0.335 e.